The van der Waals surface area contributed by atoms with E-state index >= 15 is 0 Å². The first-order valence-corrected chi connectivity index (χ1v) is 10.7. The summed E-state index contributed by atoms with van der Waals surface area (Å²) < 4.78 is 13.4. The molecule has 3 heterocycles. The molecule has 1 aliphatic heterocycles. The first kappa shape index (κ1) is 19.6. The fourth-order valence-corrected chi connectivity index (χ4v) is 4.82. The smallest absolute Gasteiger partial charge is 0.258 e. The number of aromatic nitrogens is 3. The minimum Gasteiger partial charge on any atom is -0.354 e. The van der Waals surface area contributed by atoms with Gasteiger partial charge in [-0.15, -0.1) is 0 Å². The number of aromatic amines is 1. The third-order valence-electron chi connectivity index (χ3n) is 6.51. The van der Waals surface area contributed by atoms with Crippen molar-refractivity contribution in [3.63, 3.8) is 0 Å². The van der Waals surface area contributed by atoms with E-state index in [1.807, 2.05) is 12.1 Å². The Labute approximate surface area is 179 Å². The lowest BCUT2D eigenvalue weighted by molar-refractivity contribution is 0.185. The summed E-state index contributed by atoms with van der Waals surface area (Å²) in [4.78, 5) is 29.1. The van der Waals surface area contributed by atoms with Gasteiger partial charge in [0.15, 0.2) is 0 Å². The number of hydrogen-bond acceptors (Lipinski definition) is 6. The second-order valence-corrected chi connectivity index (χ2v) is 8.32. The Morgan fingerprint density at radius 3 is 2.71 bits per heavy atom. The molecule has 0 radical (unpaired) electrons. The number of hydrogen-bond donors (Lipinski definition) is 1. The quantitative estimate of drug-likeness (QED) is 0.704. The Bertz CT molecular complexity index is 1190. The number of pyridine rings is 1. The molecule has 7 nitrogen and oxygen atoms in total. The third-order valence-corrected chi connectivity index (χ3v) is 6.51. The molecule has 31 heavy (non-hydrogen) atoms. The second kappa shape index (κ2) is 8.08. The lowest BCUT2D eigenvalue weighted by Gasteiger charge is -2.38. The van der Waals surface area contributed by atoms with E-state index in [-0.39, 0.29) is 11.5 Å². The van der Waals surface area contributed by atoms with Crippen LogP contribution in [-0.2, 0) is 0 Å². The van der Waals surface area contributed by atoms with Gasteiger partial charge in [-0.1, -0.05) is 0 Å². The Kier molecular flexibility index (Phi) is 5.12. The summed E-state index contributed by atoms with van der Waals surface area (Å²) >= 11 is 0. The zero-order valence-corrected chi connectivity index (χ0v) is 17.1. The highest BCUT2D eigenvalue weighted by atomic mass is 19.1. The minimum absolute atomic E-state index is 0.213. The van der Waals surface area contributed by atoms with Crippen LogP contribution in [0, 0.1) is 17.1 Å². The maximum absolute atomic E-state index is 13.4. The van der Waals surface area contributed by atoms with Crippen molar-refractivity contribution in [2.45, 2.75) is 31.2 Å². The molecule has 0 amide bonds. The molecule has 1 saturated carbocycles. The van der Waals surface area contributed by atoms with Crippen LogP contribution in [0.4, 0.5) is 10.2 Å². The van der Waals surface area contributed by atoms with Crippen LogP contribution in [-0.4, -0.2) is 52.1 Å². The van der Waals surface area contributed by atoms with Crippen LogP contribution in [0.3, 0.4) is 0 Å². The van der Waals surface area contributed by atoms with Crippen molar-refractivity contribution in [3.8, 4) is 6.07 Å². The van der Waals surface area contributed by atoms with Crippen LogP contribution in [0.15, 0.2) is 41.3 Å². The standard InChI is InChI=1S/C23H23FN6O/c24-17-3-5-20-19(12-17)23(31)28-22(27-20)16-2-4-18(11-16)29-7-9-30(10-8-29)21-6-1-15(13-25)14-26-21/h1,3,5-6,12,14,16,18H,2,4,7-11H2,(H,27,28,31). The molecule has 3 aromatic rings. The van der Waals surface area contributed by atoms with E-state index in [4.69, 9.17) is 5.26 Å². The summed E-state index contributed by atoms with van der Waals surface area (Å²) in [6.45, 7) is 3.72. The second-order valence-electron chi connectivity index (χ2n) is 8.32. The van der Waals surface area contributed by atoms with Crippen LogP contribution in [0.25, 0.3) is 10.9 Å². The number of anilines is 1. The SMILES string of the molecule is N#Cc1ccc(N2CCN(C3CCC(c4nc5ccc(F)cc5c(=O)[nH]4)C3)CC2)nc1. The Morgan fingerprint density at radius 2 is 1.97 bits per heavy atom. The normalized spacial score (nSPS) is 22.0. The van der Waals surface area contributed by atoms with Gasteiger partial charge in [-0.25, -0.2) is 14.4 Å². The molecule has 5 rings (SSSR count). The van der Waals surface area contributed by atoms with Crippen molar-refractivity contribution in [1.82, 2.24) is 19.9 Å². The topological polar surface area (TPSA) is 88.9 Å². The van der Waals surface area contributed by atoms with Crippen LogP contribution >= 0.6 is 0 Å². The predicted octanol–water partition coefficient (Wildman–Crippen LogP) is 2.79. The fourth-order valence-electron chi connectivity index (χ4n) is 4.82. The van der Waals surface area contributed by atoms with E-state index < -0.39 is 5.82 Å². The molecule has 2 unspecified atom stereocenters. The lowest BCUT2D eigenvalue weighted by Crippen LogP contribution is -2.50. The summed E-state index contributed by atoms with van der Waals surface area (Å²) in [5.74, 6) is 1.42. The van der Waals surface area contributed by atoms with Gasteiger partial charge in [0.25, 0.3) is 5.56 Å². The van der Waals surface area contributed by atoms with E-state index in [2.05, 4.69) is 30.8 Å². The van der Waals surface area contributed by atoms with Crippen LogP contribution < -0.4 is 10.5 Å². The Morgan fingerprint density at radius 1 is 1.13 bits per heavy atom. The van der Waals surface area contributed by atoms with Gasteiger partial charge >= 0.3 is 0 Å². The average Bonchev–Trinajstić information content (AvgIpc) is 3.30. The summed E-state index contributed by atoms with van der Waals surface area (Å²) in [7, 11) is 0. The monoisotopic (exact) mass is 418 g/mol. The molecule has 1 N–H and O–H groups in total. The number of benzene rings is 1. The molecule has 2 aromatic heterocycles. The maximum Gasteiger partial charge on any atom is 0.258 e. The number of fused-ring (bicyclic) bond motifs is 1. The molecule has 0 bridgehead atoms. The highest BCUT2D eigenvalue weighted by Gasteiger charge is 2.33. The summed E-state index contributed by atoms with van der Waals surface area (Å²) in [6, 6.07) is 10.4. The van der Waals surface area contributed by atoms with Crippen molar-refractivity contribution in [2.24, 2.45) is 0 Å². The molecule has 158 valence electrons. The lowest BCUT2D eigenvalue weighted by atomic mass is 10.1. The molecule has 2 aliphatic rings. The average molecular weight is 418 g/mol. The highest BCUT2D eigenvalue weighted by Crippen LogP contribution is 2.36. The molecule has 1 aromatic carbocycles. The minimum atomic E-state index is -0.427. The number of nitriles is 1. The highest BCUT2D eigenvalue weighted by molar-refractivity contribution is 5.77. The summed E-state index contributed by atoms with van der Waals surface area (Å²) in [5, 5.41) is 9.22. The van der Waals surface area contributed by atoms with Crippen molar-refractivity contribution >= 4 is 16.7 Å². The molecule has 0 spiro atoms. The number of nitrogens with zero attached hydrogens (tertiary/aromatic N) is 5. The van der Waals surface area contributed by atoms with Gasteiger partial charge in [0, 0.05) is 44.3 Å². The van der Waals surface area contributed by atoms with E-state index in [9.17, 15) is 9.18 Å². The summed E-state index contributed by atoms with van der Waals surface area (Å²) in [6.07, 6.45) is 4.64. The van der Waals surface area contributed by atoms with Crippen LogP contribution in [0.1, 0.15) is 36.6 Å². The van der Waals surface area contributed by atoms with Crippen molar-refractivity contribution in [1.29, 1.82) is 5.26 Å². The molecule has 1 aliphatic carbocycles. The number of H-pyrrole nitrogens is 1. The van der Waals surface area contributed by atoms with Gasteiger partial charge < -0.3 is 9.88 Å². The zero-order valence-electron chi connectivity index (χ0n) is 17.1. The van der Waals surface area contributed by atoms with Gasteiger partial charge in [0.2, 0.25) is 0 Å². The first-order chi connectivity index (χ1) is 15.1. The predicted molar refractivity (Wildman–Crippen MR) is 115 cm³/mol. The Balaban J connectivity index is 1.23. The largest absolute Gasteiger partial charge is 0.354 e. The molecule has 1 saturated heterocycles. The van der Waals surface area contributed by atoms with Crippen LogP contribution in [0.2, 0.25) is 0 Å². The van der Waals surface area contributed by atoms with E-state index in [0.717, 1.165) is 51.3 Å². The van der Waals surface area contributed by atoms with Crippen molar-refractivity contribution in [3.05, 3.63) is 64.1 Å². The van der Waals surface area contributed by atoms with Gasteiger partial charge in [0.1, 0.15) is 23.5 Å². The van der Waals surface area contributed by atoms with E-state index in [1.165, 1.54) is 12.1 Å². The number of nitrogens with one attached hydrogen (secondary N) is 1. The van der Waals surface area contributed by atoms with Crippen LogP contribution in [0.5, 0.6) is 0 Å². The maximum atomic E-state index is 13.4. The first-order valence-electron chi connectivity index (χ1n) is 10.7. The molecular formula is C23H23FN6O. The molecule has 2 atom stereocenters. The van der Waals surface area contributed by atoms with Gasteiger partial charge in [-0.05, 0) is 49.6 Å². The van der Waals surface area contributed by atoms with E-state index in [0.29, 0.717) is 28.3 Å². The third kappa shape index (κ3) is 3.89. The van der Waals surface area contributed by atoms with Gasteiger partial charge in [-0.3, -0.25) is 9.69 Å². The van der Waals surface area contributed by atoms with E-state index in [1.54, 1.807) is 12.3 Å². The molecular weight excluding hydrogens is 395 g/mol. The van der Waals surface area contributed by atoms with Crippen molar-refractivity contribution in [2.75, 3.05) is 31.1 Å². The summed E-state index contributed by atoms with van der Waals surface area (Å²) in [5.41, 5.74) is 0.850. The number of halogens is 1. The number of piperazine rings is 1. The van der Waals surface area contributed by atoms with Crippen molar-refractivity contribution < 1.29 is 4.39 Å². The molecule has 8 heteroatoms. The molecule has 2 fully saturated rings. The fraction of sp³-hybridized carbons (Fsp3) is 0.391. The zero-order chi connectivity index (χ0) is 21.4. The van der Waals surface area contributed by atoms with Gasteiger partial charge in [-0.2, -0.15) is 5.26 Å². The number of rotatable bonds is 3. The Hall–Kier alpha value is -3.31. The van der Waals surface area contributed by atoms with Gasteiger partial charge in [0.05, 0.1) is 16.5 Å².